The molecule has 0 bridgehead atoms. The van der Waals surface area contributed by atoms with Crippen LogP contribution in [0.5, 0.6) is 0 Å². The zero-order valence-electron chi connectivity index (χ0n) is 13.5. The predicted octanol–water partition coefficient (Wildman–Crippen LogP) is 1.83. The molecule has 2 N–H and O–H groups in total. The van der Waals surface area contributed by atoms with Crippen molar-refractivity contribution >= 4 is 11.9 Å². The maximum atomic E-state index is 13.7. The highest BCUT2D eigenvalue weighted by atomic mass is 19.1. The van der Waals surface area contributed by atoms with Crippen LogP contribution in [0.2, 0.25) is 0 Å². The van der Waals surface area contributed by atoms with E-state index in [9.17, 15) is 14.0 Å². The van der Waals surface area contributed by atoms with Gasteiger partial charge in [0.15, 0.2) is 0 Å². The molecule has 0 heterocycles. The number of hydrogen-bond acceptors (Lipinski definition) is 4. The van der Waals surface area contributed by atoms with E-state index in [4.69, 9.17) is 14.6 Å². The van der Waals surface area contributed by atoms with Crippen molar-refractivity contribution in [2.45, 2.75) is 26.5 Å². The van der Waals surface area contributed by atoms with E-state index in [1.807, 2.05) is 0 Å². The molecule has 1 amide bonds. The molecule has 128 valence electrons. The average Bonchev–Trinajstić information content (AvgIpc) is 2.49. The number of ether oxygens (including phenoxy) is 2. The topological polar surface area (TPSA) is 84.9 Å². The first kappa shape index (κ1) is 19.1. The monoisotopic (exact) mass is 327 g/mol. The summed E-state index contributed by atoms with van der Waals surface area (Å²) >= 11 is 0. The Morgan fingerprint density at radius 2 is 2.00 bits per heavy atom. The molecule has 0 spiro atoms. The first-order chi connectivity index (χ1) is 10.9. The molecule has 0 aliphatic carbocycles. The number of carboxylic acids is 1. The van der Waals surface area contributed by atoms with Crippen LogP contribution in [0.3, 0.4) is 0 Å². The van der Waals surface area contributed by atoms with Gasteiger partial charge in [0.2, 0.25) is 0 Å². The lowest BCUT2D eigenvalue weighted by Crippen LogP contribution is -2.44. The fraction of sp³-hybridized carbons (Fsp3) is 0.500. The molecule has 6 nitrogen and oxygen atoms in total. The highest BCUT2D eigenvalue weighted by Gasteiger charge is 2.24. The highest BCUT2D eigenvalue weighted by molar-refractivity contribution is 5.96. The lowest BCUT2D eigenvalue weighted by Gasteiger charge is -2.18. The quantitative estimate of drug-likeness (QED) is 0.676. The van der Waals surface area contributed by atoms with Gasteiger partial charge in [-0.1, -0.05) is 13.8 Å². The van der Waals surface area contributed by atoms with Crippen LogP contribution < -0.4 is 5.32 Å². The number of halogens is 1. The van der Waals surface area contributed by atoms with E-state index >= 15 is 0 Å². The van der Waals surface area contributed by atoms with Gasteiger partial charge in [0.25, 0.3) is 5.91 Å². The van der Waals surface area contributed by atoms with Crippen LogP contribution >= 0.6 is 0 Å². The Kier molecular flexibility index (Phi) is 7.64. The first-order valence-electron chi connectivity index (χ1n) is 7.25. The Bertz CT molecular complexity index is 547. The van der Waals surface area contributed by atoms with Crippen molar-refractivity contribution in [1.82, 2.24) is 5.32 Å². The van der Waals surface area contributed by atoms with Gasteiger partial charge in [-0.15, -0.1) is 0 Å². The highest BCUT2D eigenvalue weighted by Crippen LogP contribution is 2.13. The van der Waals surface area contributed by atoms with Gasteiger partial charge in [-0.2, -0.15) is 0 Å². The lowest BCUT2D eigenvalue weighted by molar-refractivity contribution is -0.140. The Balaban J connectivity index is 2.79. The number of methoxy groups -OCH3 is 1. The van der Waals surface area contributed by atoms with E-state index in [2.05, 4.69) is 5.32 Å². The normalized spacial score (nSPS) is 12.2. The molecule has 1 atom stereocenters. The largest absolute Gasteiger partial charge is 0.480 e. The molecule has 1 rings (SSSR count). The molecule has 0 aliphatic heterocycles. The van der Waals surface area contributed by atoms with Gasteiger partial charge >= 0.3 is 5.97 Å². The van der Waals surface area contributed by atoms with Crippen LogP contribution in [0.4, 0.5) is 4.39 Å². The van der Waals surface area contributed by atoms with Gasteiger partial charge < -0.3 is 19.9 Å². The third-order valence-electron chi connectivity index (χ3n) is 3.22. The van der Waals surface area contributed by atoms with Crippen molar-refractivity contribution in [1.29, 1.82) is 0 Å². The zero-order valence-corrected chi connectivity index (χ0v) is 13.5. The van der Waals surface area contributed by atoms with Crippen molar-refractivity contribution in [3.63, 3.8) is 0 Å². The van der Waals surface area contributed by atoms with Gasteiger partial charge in [0.05, 0.1) is 19.8 Å². The van der Waals surface area contributed by atoms with Gasteiger partial charge in [-0.3, -0.25) is 4.79 Å². The third kappa shape index (κ3) is 5.96. The first-order valence-corrected chi connectivity index (χ1v) is 7.25. The van der Waals surface area contributed by atoms with Gasteiger partial charge in [-0.05, 0) is 24.1 Å². The molecule has 1 aromatic rings. The Morgan fingerprint density at radius 1 is 1.30 bits per heavy atom. The minimum absolute atomic E-state index is 0.00283. The zero-order chi connectivity index (χ0) is 17.4. The smallest absolute Gasteiger partial charge is 0.326 e. The summed E-state index contributed by atoms with van der Waals surface area (Å²) in [5, 5.41) is 11.5. The molecule has 0 aromatic heterocycles. The summed E-state index contributed by atoms with van der Waals surface area (Å²) in [6, 6.07) is 2.82. The molecule has 0 aliphatic rings. The van der Waals surface area contributed by atoms with Crippen molar-refractivity contribution in [3.05, 3.63) is 35.1 Å². The van der Waals surface area contributed by atoms with E-state index in [1.54, 1.807) is 13.8 Å². The number of benzene rings is 1. The maximum absolute atomic E-state index is 13.7. The Hall–Kier alpha value is -1.99. The second-order valence-corrected chi connectivity index (χ2v) is 5.38. The van der Waals surface area contributed by atoms with Crippen LogP contribution in [-0.4, -0.2) is 43.3 Å². The number of carbonyl (C=O) groups excluding carboxylic acids is 1. The predicted molar refractivity (Wildman–Crippen MR) is 81.7 cm³/mol. The standard InChI is InChI=1S/C16H22FNO5/c1-10(2)14(16(20)21)18-15(19)11-4-5-13(17)12(8-11)9-23-7-6-22-3/h4-5,8,10,14H,6-7,9H2,1-3H3,(H,18,19)(H,20,21). The number of rotatable bonds is 9. The summed E-state index contributed by atoms with van der Waals surface area (Å²) in [4.78, 5) is 23.3. The SMILES string of the molecule is COCCOCc1cc(C(=O)NC(C(=O)O)C(C)C)ccc1F. The number of carboxylic acid groups (broad SMARTS) is 1. The molecule has 0 radical (unpaired) electrons. The third-order valence-corrected chi connectivity index (χ3v) is 3.22. The summed E-state index contributed by atoms with van der Waals surface area (Å²) < 4.78 is 23.8. The van der Waals surface area contributed by atoms with Gasteiger partial charge in [0.1, 0.15) is 11.9 Å². The molecule has 0 fully saturated rings. The van der Waals surface area contributed by atoms with Crippen molar-refractivity contribution in [2.24, 2.45) is 5.92 Å². The van der Waals surface area contributed by atoms with Crippen LogP contribution in [0.25, 0.3) is 0 Å². The number of amides is 1. The summed E-state index contributed by atoms with van der Waals surface area (Å²) in [7, 11) is 1.53. The number of carbonyl (C=O) groups is 2. The fourth-order valence-corrected chi connectivity index (χ4v) is 1.89. The van der Waals surface area contributed by atoms with Crippen LogP contribution in [0.1, 0.15) is 29.8 Å². The lowest BCUT2D eigenvalue weighted by atomic mass is 10.0. The second-order valence-electron chi connectivity index (χ2n) is 5.38. The van der Waals surface area contributed by atoms with Crippen molar-refractivity contribution < 1.29 is 28.6 Å². The number of aliphatic carboxylic acids is 1. The second kappa shape index (κ2) is 9.22. The Labute approximate surface area is 134 Å². The minimum atomic E-state index is -1.11. The molecular formula is C16H22FNO5. The average molecular weight is 327 g/mol. The Morgan fingerprint density at radius 3 is 2.57 bits per heavy atom. The van der Waals surface area contributed by atoms with E-state index < -0.39 is 23.7 Å². The molecule has 7 heteroatoms. The van der Waals surface area contributed by atoms with E-state index in [0.29, 0.717) is 13.2 Å². The van der Waals surface area contributed by atoms with Crippen LogP contribution in [0.15, 0.2) is 18.2 Å². The molecule has 1 aromatic carbocycles. The molecular weight excluding hydrogens is 305 g/mol. The van der Waals surface area contributed by atoms with Crippen molar-refractivity contribution in [2.75, 3.05) is 20.3 Å². The molecule has 0 saturated heterocycles. The van der Waals surface area contributed by atoms with Gasteiger partial charge in [-0.25, -0.2) is 9.18 Å². The van der Waals surface area contributed by atoms with Crippen LogP contribution in [-0.2, 0) is 20.9 Å². The maximum Gasteiger partial charge on any atom is 0.326 e. The molecule has 0 saturated carbocycles. The van der Waals surface area contributed by atoms with Gasteiger partial charge in [0, 0.05) is 18.2 Å². The number of hydrogen-bond donors (Lipinski definition) is 2. The summed E-state index contributed by atoms with van der Waals surface area (Å²) in [6.45, 7) is 4.08. The summed E-state index contributed by atoms with van der Waals surface area (Å²) in [6.07, 6.45) is 0. The number of nitrogens with one attached hydrogen (secondary N) is 1. The minimum Gasteiger partial charge on any atom is -0.480 e. The molecule has 1 unspecified atom stereocenters. The van der Waals surface area contributed by atoms with E-state index in [-0.39, 0.29) is 23.7 Å². The van der Waals surface area contributed by atoms with E-state index in [1.165, 1.54) is 19.2 Å². The van der Waals surface area contributed by atoms with E-state index in [0.717, 1.165) is 6.07 Å². The summed E-state index contributed by atoms with van der Waals surface area (Å²) in [5.74, 6) is -2.44. The molecule has 23 heavy (non-hydrogen) atoms. The summed E-state index contributed by atoms with van der Waals surface area (Å²) in [5.41, 5.74) is 0.411. The van der Waals surface area contributed by atoms with Crippen molar-refractivity contribution in [3.8, 4) is 0 Å². The fourth-order valence-electron chi connectivity index (χ4n) is 1.89. The van der Waals surface area contributed by atoms with Crippen LogP contribution in [0, 0.1) is 11.7 Å².